The van der Waals surface area contributed by atoms with Crippen molar-refractivity contribution in [1.29, 1.82) is 0 Å². The lowest BCUT2D eigenvalue weighted by Crippen LogP contribution is -2.50. The molecule has 0 radical (unpaired) electrons. The number of hydrogen-bond donors (Lipinski definition) is 2. The first-order valence-corrected chi connectivity index (χ1v) is 5.02. The second-order valence-corrected chi connectivity index (χ2v) is 3.78. The highest BCUT2D eigenvalue weighted by atomic mass is 35.5. The summed E-state index contributed by atoms with van der Waals surface area (Å²) in [5.74, 6) is -0.107. The van der Waals surface area contributed by atoms with E-state index in [1.165, 1.54) is 0 Å². The van der Waals surface area contributed by atoms with Crippen LogP contribution in [0.3, 0.4) is 0 Å². The van der Waals surface area contributed by atoms with Gasteiger partial charge in [-0.3, -0.25) is 4.79 Å². The Kier molecular flexibility index (Phi) is 2.79. The van der Waals surface area contributed by atoms with Crippen LogP contribution in [0, 0.1) is 0 Å². The zero-order valence-corrected chi connectivity index (χ0v) is 8.75. The van der Waals surface area contributed by atoms with Crippen LogP contribution in [0.4, 0.5) is 0 Å². The molecule has 1 amide bonds. The van der Waals surface area contributed by atoms with E-state index in [9.17, 15) is 4.79 Å². The van der Waals surface area contributed by atoms with Gasteiger partial charge in [-0.05, 0) is 12.1 Å². The van der Waals surface area contributed by atoms with Crippen molar-refractivity contribution < 1.29 is 9.53 Å². The maximum atomic E-state index is 11.2. The second-order valence-electron chi connectivity index (χ2n) is 3.38. The number of halogens is 1. The molecule has 4 nitrogen and oxygen atoms in total. The molecule has 80 valence electrons. The topological polar surface area (TPSA) is 64.4 Å². The Labute approximate surface area is 92.4 Å². The maximum Gasteiger partial charge on any atom is 0.253 e. The first-order chi connectivity index (χ1) is 7.18. The van der Waals surface area contributed by atoms with Crippen LogP contribution in [0.2, 0.25) is 5.02 Å². The number of primary amides is 1. The van der Waals surface area contributed by atoms with Crippen molar-refractivity contribution in [3.8, 4) is 5.75 Å². The molecule has 0 aromatic heterocycles. The van der Waals surface area contributed by atoms with Crippen molar-refractivity contribution in [2.45, 2.75) is 6.10 Å². The smallest absolute Gasteiger partial charge is 0.253 e. The van der Waals surface area contributed by atoms with E-state index in [0.29, 0.717) is 10.8 Å². The molecule has 15 heavy (non-hydrogen) atoms. The van der Waals surface area contributed by atoms with E-state index < -0.39 is 5.91 Å². The van der Waals surface area contributed by atoms with Gasteiger partial charge < -0.3 is 15.8 Å². The lowest BCUT2D eigenvalue weighted by atomic mass is 10.1. The zero-order valence-electron chi connectivity index (χ0n) is 8.00. The van der Waals surface area contributed by atoms with Gasteiger partial charge in [-0.25, -0.2) is 0 Å². The highest BCUT2D eigenvalue weighted by Gasteiger charge is 2.21. The SMILES string of the molecule is NC(=O)c1c(Cl)cccc1OC1CNC1. The van der Waals surface area contributed by atoms with Gasteiger partial charge in [-0.2, -0.15) is 0 Å². The van der Waals surface area contributed by atoms with Gasteiger partial charge in [-0.1, -0.05) is 17.7 Å². The van der Waals surface area contributed by atoms with Crippen LogP contribution in [0.25, 0.3) is 0 Å². The fraction of sp³-hybridized carbons (Fsp3) is 0.300. The Balaban J connectivity index is 2.27. The third kappa shape index (κ3) is 2.06. The predicted molar refractivity (Wildman–Crippen MR) is 57.3 cm³/mol. The maximum absolute atomic E-state index is 11.2. The average Bonchev–Trinajstić information content (AvgIpc) is 2.10. The molecule has 0 saturated carbocycles. The highest BCUT2D eigenvalue weighted by Crippen LogP contribution is 2.27. The summed E-state index contributed by atoms with van der Waals surface area (Å²) in [6, 6.07) is 5.05. The summed E-state index contributed by atoms with van der Waals surface area (Å²) < 4.78 is 5.58. The fourth-order valence-corrected chi connectivity index (χ4v) is 1.63. The average molecular weight is 227 g/mol. The van der Waals surface area contributed by atoms with Crippen LogP contribution in [-0.4, -0.2) is 25.1 Å². The summed E-state index contributed by atoms with van der Waals surface area (Å²) in [6.45, 7) is 1.56. The monoisotopic (exact) mass is 226 g/mol. The first-order valence-electron chi connectivity index (χ1n) is 4.64. The molecule has 1 fully saturated rings. The molecular formula is C10H11ClN2O2. The number of amides is 1. The van der Waals surface area contributed by atoms with E-state index in [2.05, 4.69) is 5.32 Å². The Bertz CT molecular complexity index is 391. The van der Waals surface area contributed by atoms with Crippen LogP contribution < -0.4 is 15.8 Å². The lowest BCUT2D eigenvalue weighted by Gasteiger charge is -2.28. The van der Waals surface area contributed by atoms with Gasteiger partial charge in [0.05, 0.1) is 10.6 Å². The van der Waals surface area contributed by atoms with Gasteiger partial charge in [0.25, 0.3) is 5.91 Å². The zero-order chi connectivity index (χ0) is 10.8. The minimum Gasteiger partial charge on any atom is -0.487 e. The Morgan fingerprint density at radius 1 is 1.53 bits per heavy atom. The molecule has 2 rings (SSSR count). The number of carbonyl (C=O) groups is 1. The van der Waals surface area contributed by atoms with Gasteiger partial charge >= 0.3 is 0 Å². The summed E-state index contributed by atoms with van der Waals surface area (Å²) in [5.41, 5.74) is 5.49. The second kappa shape index (κ2) is 4.08. The minimum atomic E-state index is -0.567. The highest BCUT2D eigenvalue weighted by molar-refractivity contribution is 6.34. The number of carbonyl (C=O) groups excluding carboxylic acids is 1. The molecule has 3 N–H and O–H groups in total. The molecule has 1 aliphatic heterocycles. The molecule has 1 aromatic carbocycles. The van der Waals surface area contributed by atoms with Gasteiger partial charge in [0.15, 0.2) is 0 Å². The summed E-state index contributed by atoms with van der Waals surface area (Å²) in [6.07, 6.45) is 0.0987. The van der Waals surface area contributed by atoms with Crippen molar-refractivity contribution in [1.82, 2.24) is 5.32 Å². The van der Waals surface area contributed by atoms with Crippen LogP contribution in [0.15, 0.2) is 18.2 Å². The molecule has 0 bridgehead atoms. The summed E-state index contributed by atoms with van der Waals surface area (Å²) in [7, 11) is 0. The lowest BCUT2D eigenvalue weighted by molar-refractivity contribution is 0.0985. The van der Waals surface area contributed by atoms with Crippen LogP contribution in [0.5, 0.6) is 5.75 Å². The van der Waals surface area contributed by atoms with Crippen LogP contribution >= 0.6 is 11.6 Å². The Morgan fingerprint density at radius 3 is 2.80 bits per heavy atom. The number of hydrogen-bond acceptors (Lipinski definition) is 3. The first kappa shape index (κ1) is 10.3. The predicted octanol–water partition coefficient (Wildman–Crippen LogP) is 0.789. The molecular weight excluding hydrogens is 216 g/mol. The van der Waals surface area contributed by atoms with Crippen molar-refractivity contribution in [2.24, 2.45) is 5.73 Å². The van der Waals surface area contributed by atoms with Gasteiger partial charge in [0.2, 0.25) is 0 Å². The number of benzene rings is 1. The van der Waals surface area contributed by atoms with E-state index in [-0.39, 0.29) is 11.7 Å². The largest absolute Gasteiger partial charge is 0.487 e. The standard InChI is InChI=1S/C10H11ClN2O2/c11-7-2-1-3-8(9(7)10(12)14)15-6-4-13-5-6/h1-3,6,13H,4-5H2,(H2,12,14). The summed E-state index contributed by atoms with van der Waals surface area (Å²) >= 11 is 5.87. The Morgan fingerprint density at radius 2 is 2.27 bits per heavy atom. The van der Waals surface area contributed by atoms with E-state index in [0.717, 1.165) is 13.1 Å². The number of nitrogens with one attached hydrogen (secondary N) is 1. The number of ether oxygens (including phenoxy) is 1. The normalized spacial score (nSPS) is 15.8. The van der Waals surface area contributed by atoms with E-state index in [1.54, 1.807) is 18.2 Å². The molecule has 1 saturated heterocycles. The van der Waals surface area contributed by atoms with Gasteiger partial charge in [-0.15, -0.1) is 0 Å². The molecule has 5 heteroatoms. The quantitative estimate of drug-likeness (QED) is 0.801. The van der Waals surface area contributed by atoms with Gasteiger partial charge in [0, 0.05) is 13.1 Å². The van der Waals surface area contributed by atoms with Crippen LogP contribution in [0.1, 0.15) is 10.4 Å². The number of rotatable bonds is 3. The summed E-state index contributed by atoms with van der Waals surface area (Å²) in [4.78, 5) is 11.2. The molecule has 0 spiro atoms. The molecule has 0 atom stereocenters. The van der Waals surface area contributed by atoms with Crippen molar-refractivity contribution in [3.63, 3.8) is 0 Å². The van der Waals surface area contributed by atoms with Crippen molar-refractivity contribution >= 4 is 17.5 Å². The van der Waals surface area contributed by atoms with Gasteiger partial charge in [0.1, 0.15) is 11.9 Å². The Hall–Kier alpha value is -1.26. The van der Waals surface area contributed by atoms with E-state index >= 15 is 0 Å². The minimum absolute atomic E-state index is 0.0987. The van der Waals surface area contributed by atoms with E-state index in [1.807, 2.05) is 0 Å². The van der Waals surface area contributed by atoms with E-state index in [4.69, 9.17) is 22.1 Å². The van der Waals surface area contributed by atoms with Crippen molar-refractivity contribution in [2.75, 3.05) is 13.1 Å². The third-order valence-corrected chi connectivity index (χ3v) is 2.57. The molecule has 1 aromatic rings. The van der Waals surface area contributed by atoms with Crippen molar-refractivity contribution in [3.05, 3.63) is 28.8 Å². The molecule has 0 aliphatic carbocycles. The third-order valence-electron chi connectivity index (χ3n) is 2.26. The molecule has 1 aliphatic rings. The molecule has 1 heterocycles. The van der Waals surface area contributed by atoms with Crippen LogP contribution in [-0.2, 0) is 0 Å². The summed E-state index contributed by atoms with van der Waals surface area (Å²) in [5, 5.41) is 3.40. The molecule has 0 unspecified atom stereocenters. The fourth-order valence-electron chi connectivity index (χ4n) is 1.37. The number of nitrogens with two attached hydrogens (primary N) is 1.